The van der Waals surface area contributed by atoms with Crippen LogP contribution in [-0.2, 0) is 0 Å². The standard InChI is InChI=1S/C20H20ClN3O3S/c1-4-22-20-24(16(12-28-20)14-5-7-15(21)8-6-14)23-11-13-9-17(26-2)19(25)18(10-13)27-3/h5-12,25H,4H2,1-3H3. The number of ether oxygens (including phenoxy) is 2. The van der Waals surface area contributed by atoms with Crippen LogP contribution >= 0.6 is 22.9 Å². The van der Waals surface area contributed by atoms with E-state index < -0.39 is 0 Å². The minimum atomic E-state index is -0.0474. The van der Waals surface area contributed by atoms with Crippen LogP contribution in [0.3, 0.4) is 0 Å². The maximum atomic E-state index is 10.1. The van der Waals surface area contributed by atoms with Crippen molar-refractivity contribution in [3.63, 3.8) is 0 Å². The molecule has 0 bridgehead atoms. The Bertz CT molecular complexity index is 1030. The molecule has 0 aliphatic rings. The molecule has 0 aliphatic carbocycles. The number of aromatic hydroxyl groups is 1. The molecule has 0 unspecified atom stereocenters. The second-order valence-electron chi connectivity index (χ2n) is 5.72. The van der Waals surface area contributed by atoms with Crippen molar-refractivity contribution in [3.05, 3.63) is 57.2 Å². The molecule has 3 aromatic rings. The number of thiazole rings is 1. The summed E-state index contributed by atoms with van der Waals surface area (Å²) in [6.45, 7) is 2.63. The Morgan fingerprint density at radius 2 is 1.79 bits per heavy atom. The number of phenols is 1. The minimum absolute atomic E-state index is 0.0474. The van der Waals surface area contributed by atoms with Crippen LogP contribution in [0.15, 0.2) is 51.9 Å². The summed E-state index contributed by atoms with van der Waals surface area (Å²) >= 11 is 7.52. The van der Waals surface area contributed by atoms with Crippen molar-refractivity contribution in [3.8, 4) is 28.5 Å². The Balaban J connectivity index is 2.08. The van der Waals surface area contributed by atoms with Gasteiger partial charge in [0, 0.05) is 28.1 Å². The molecule has 1 N–H and O–H groups in total. The third kappa shape index (κ3) is 4.21. The van der Waals surface area contributed by atoms with Gasteiger partial charge in [0.1, 0.15) is 0 Å². The van der Waals surface area contributed by atoms with Crippen molar-refractivity contribution in [2.24, 2.45) is 10.1 Å². The summed E-state index contributed by atoms with van der Waals surface area (Å²) in [5.74, 6) is 0.578. The van der Waals surface area contributed by atoms with Crippen molar-refractivity contribution in [1.29, 1.82) is 0 Å². The Kier molecular flexibility index (Phi) is 6.38. The van der Waals surface area contributed by atoms with Gasteiger partial charge in [0.15, 0.2) is 11.5 Å². The van der Waals surface area contributed by atoms with Gasteiger partial charge in [-0.15, -0.1) is 11.3 Å². The average Bonchev–Trinajstić information content (AvgIpc) is 3.10. The third-order valence-corrected chi connectivity index (χ3v) is 5.05. The van der Waals surface area contributed by atoms with Gasteiger partial charge in [0.25, 0.3) is 0 Å². The van der Waals surface area contributed by atoms with E-state index in [1.165, 1.54) is 25.6 Å². The minimum Gasteiger partial charge on any atom is -0.502 e. The molecule has 1 aromatic heterocycles. The van der Waals surface area contributed by atoms with Crippen molar-refractivity contribution in [1.82, 2.24) is 4.68 Å². The van der Waals surface area contributed by atoms with E-state index in [0.29, 0.717) is 23.1 Å². The number of methoxy groups -OCH3 is 2. The molecule has 0 fully saturated rings. The lowest BCUT2D eigenvalue weighted by atomic mass is 10.2. The third-order valence-electron chi connectivity index (χ3n) is 3.94. The van der Waals surface area contributed by atoms with E-state index in [-0.39, 0.29) is 5.75 Å². The van der Waals surface area contributed by atoms with Crippen LogP contribution in [0.25, 0.3) is 11.3 Å². The molecule has 0 spiro atoms. The van der Waals surface area contributed by atoms with Gasteiger partial charge in [0.05, 0.1) is 26.1 Å². The van der Waals surface area contributed by atoms with Gasteiger partial charge in [-0.3, -0.25) is 4.99 Å². The largest absolute Gasteiger partial charge is 0.502 e. The zero-order chi connectivity index (χ0) is 20.1. The smallest absolute Gasteiger partial charge is 0.206 e. The monoisotopic (exact) mass is 417 g/mol. The second kappa shape index (κ2) is 8.95. The highest BCUT2D eigenvalue weighted by Crippen LogP contribution is 2.36. The zero-order valence-corrected chi connectivity index (χ0v) is 17.3. The predicted molar refractivity (Wildman–Crippen MR) is 113 cm³/mol. The fourth-order valence-corrected chi connectivity index (χ4v) is 3.61. The molecule has 0 atom stereocenters. The number of halogens is 1. The summed E-state index contributed by atoms with van der Waals surface area (Å²) < 4.78 is 12.2. The Morgan fingerprint density at radius 1 is 1.14 bits per heavy atom. The van der Waals surface area contributed by atoms with E-state index in [1.807, 2.05) is 36.6 Å². The van der Waals surface area contributed by atoms with Gasteiger partial charge >= 0.3 is 0 Å². The normalized spacial score (nSPS) is 11.9. The lowest BCUT2D eigenvalue weighted by molar-refractivity contribution is 0.340. The number of benzene rings is 2. The summed E-state index contributed by atoms with van der Waals surface area (Å²) in [5.41, 5.74) is 2.61. The lowest BCUT2D eigenvalue weighted by Gasteiger charge is -2.09. The molecule has 0 saturated heterocycles. The highest BCUT2D eigenvalue weighted by molar-refractivity contribution is 7.07. The number of rotatable bonds is 6. The van der Waals surface area contributed by atoms with Gasteiger partial charge in [-0.2, -0.15) is 5.10 Å². The molecule has 0 saturated carbocycles. The first kappa shape index (κ1) is 20.0. The topological polar surface area (TPSA) is 68.3 Å². The highest BCUT2D eigenvalue weighted by Gasteiger charge is 2.11. The van der Waals surface area contributed by atoms with E-state index in [4.69, 9.17) is 21.1 Å². The van der Waals surface area contributed by atoms with Gasteiger partial charge in [-0.05, 0) is 31.2 Å². The number of aromatic nitrogens is 1. The van der Waals surface area contributed by atoms with Gasteiger partial charge in [-0.25, -0.2) is 4.68 Å². The van der Waals surface area contributed by atoms with Crippen LogP contribution in [0.2, 0.25) is 5.02 Å². The first-order chi connectivity index (χ1) is 13.6. The van der Waals surface area contributed by atoms with Crippen LogP contribution < -0.4 is 14.3 Å². The Hall–Kier alpha value is -2.77. The van der Waals surface area contributed by atoms with E-state index in [2.05, 4.69) is 10.1 Å². The van der Waals surface area contributed by atoms with E-state index >= 15 is 0 Å². The molecule has 1 heterocycles. The van der Waals surface area contributed by atoms with Crippen molar-refractivity contribution in [2.75, 3.05) is 20.8 Å². The molecule has 3 rings (SSSR count). The van der Waals surface area contributed by atoms with E-state index in [9.17, 15) is 5.11 Å². The molecule has 0 radical (unpaired) electrons. The van der Waals surface area contributed by atoms with Gasteiger partial charge in [-0.1, -0.05) is 23.7 Å². The first-order valence-electron chi connectivity index (χ1n) is 8.53. The molecule has 6 nitrogen and oxygen atoms in total. The summed E-state index contributed by atoms with van der Waals surface area (Å²) in [5, 5.41) is 17.4. The molecule has 146 valence electrons. The second-order valence-corrected chi connectivity index (χ2v) is 6.99. The van der Waals surface area contributed by atoms with Crippen molar-refractivity contribution in [2.45, 2.75) is 6.92 Å². The molecule has 28 heavy (non-hydrogen) atoms. The summed E-state index contributed by atoms with van der Waals surface area (Å²) in [6.07, 6.45) is 1.67. The van der Waals surface area contributed by atoms with Crippen molar-refractivity contribution >= 4 is 29.2 Å². The number of hydrogen-bond acceptors (Lipinski definition) is 6. The molecule has 8 heteroatoms. The Morgan fingerprint density at radius 3 is 2.36 bits per heavy atom. The van der Waals surface area contributed by atoms with E-state index in [1.54, 1.807) is 23.0 Å². The van der Waals surface area contributed by atoms with Gasteiger partial charge < -0.3 is 14.6 Å². The summed E-state index contributed by atoms with van der Waals surface area (Å²) in [7, 11) is 2.97. The maximum Gasteiger partial charge on any atom is 0.206 e. The fourth-order valence-electron chi connectivity index (χ4n) is 2.59. The molecule has 0 amide bonds. The Labute approximate surface area is 172 Å². The summed E-state index contributed by atoms with van der Waals surface area (Å²) in [6, 6.07) is 10.9. The van der Waals surface area contributed by atoms with Crippen LogP contribution in [0.1, 0.15) is 12.5 Å². The van der Waals surface area contributed by atoms with Crippen molar-refractivity contribution < 1.29 is 14.6 Å². The quantitative estimate of drug-likeness (QED) is 0.604. The molecule has 0 aliphatic heterocycles. The summed E-state index contributed by atoms with van der Waals surface area (Å²) in [4.78, 5) is 5.30. The molecular formula is C20H20ClN3O3S. The first-order valence-corrected chi connectivity index (χ1v) is 9.79. The maximum absolute atomic E-state index is 10.1. The van der Waals surface area contributed by atoms with E-state index in [0.717, 1.165) is 21.6 Å². The predicted octanol–water partition coefficient (Wildman–Crippen LogP) is 4.40. The average molecular weight is 418 g/mol. The fraction of sp³-hybridized carbons (Fsp3) is 0.200. The van der Waals surface area contributed by atoms with Crippen LogP contribution in [0, 0.1) is 0 Å². The number of phenolic OH excluding ortho intramolecular Hbond substituents is 1. The highest BCUT2D eigenvalue weighted by atomic mass is 35.5. The zero-order valence-electron chi connectivity index (χ0n) is 15.7. The lowest BCUT2D eigenvalue weighted by Crippen LogP contribution is -2.12. The van der Waals surface area contributed by atoms with Crippen LogP contribution in [0.5, 0.6) is 17.2 Å². The molecule has 2 aromatic carbocycles. The number of hydrogen-bond donors (Lipinski definition) is 1. The van der Waals surface area contributed by atoms with Gasteiger partial charge in [0.2, 0.25) is 10.6 Å². The molecular weight excluding hydrogens is 398 g/mol. The van der Waals surface area contributed by atoms with Crippen LogP contribution in [0.4, 0.5) is 0 Å². The SMILES string of the molecule is CCN=c1scc(-c2ccc(Cl)cc2)n1N=Cc1cc(OC)c(O)c(OC)c1. The van der Waals surface area contributed by atoms with Crippen LogP contribution in [-0.4, -0.2) is 36.8 Å². The number of nitrogens with zero attached hydrogens (tertiary/aromatic N) is 3.